The van der Waals surface area contributed by atoms with Crippen molar-refractivity contribution in [2.45, 2.75) is 25.7 Å². The minimum Gasteiger partial charge on any atom is -0.494 e. The van der Waals surface area contributed by atoms with Crippen molar-refractivity contribution in [3.8, 4) is 22.8 Å². The molecule has 0 atom stereocenters. The maximum absolute atomic E-state index is 13.0. The van der Waals surface area contributed by atoms with E-state index in [1.54, 1.807) is 36.6 Å². The van der Waals surface area contributed by atoms with E-state index in [0.717, 1.165) is 11.1 Å². The highest BCUT2D eigenvalue weighted by atomic mass is 32.2. The van der Waals surface area contributed by atoms with Gasteiger partial charge in [-0.3, -0.25) is 9.52 Å². The average molecular weight is 460 g/mol. The van der Waals surface area contributed by atoms with Crippen molar-refractivity contribution >= 4 is 38.1 Å². The van der Waals surface area contributed by atoms with E-state index in [-0.39, 0.29) is 22.5 Å². The first kappa shape index (κ1) is 21.1. The fourth-order valence-corrected chi connectivity index (χ4v) is 5.51. The number of thiazole rings is 1. The summed E-state index contributed by atoms with van der Waals surface area (Å²) in [6.45, 7) is 5.91. The Hall–Kier alpha value is -3.11. The third-order valence-corrected chi connectivity index (χ3v) is 7.06. The summed E-state index contributed by atoms with van der Waals surface area (Å²) in [4.78, 5) is 16.1. The summed E-state index contributed by atoms with van der Waals surface area (Å²) in [5.74, 6) is 1.03. The number of ether oxygens (including phenoxy) is 2. The molecule has 0 unspecified atom stereocenters. The molecule has 31 heavy (non-hydrogen) atoms. The van der Waals surface area contributed by atoms with Gasteiger partial charge < -0.3 is 14.8 Å². The van der Waals surface area contributed by atoms with Crippen molar-refractivity contribution in [3.05, 3.63) is 46.8 Å². The van der Waals surface area contributed by atoms with Crippen LogP contribution >= 0.6 is 11.3 Å². The van der Waals surface area contributed by atoms with Gasteiger partial charge in [-0.15, -0.1) is 11.3 Å². The number of nitrogens with one attached hydrogen (secondary N) is 2. The van der Waals surface area contributed by atoms with Gasteiger partial charge in [-0.05, 0) is 62.2 Å². The van der Waals surface area contributed by atoms with Gasteiger partial charge in [-0.1, -0.05) is 0 Å². The van der Waals surface area contributed by atoms with Crippen LogP contribution in [0.4, 0.5) is 10.8 Å². The molecule has 10 heteroatoms. The Morgan fingerprint density at radius 3 is 2.81 bits per heavy atom. The number of fused-ring (bicyclic) bond motifs is 1. The number of rotatable bonds is 6. The zero-order valence-corrected chi connectivity index (χ0v) is 18.8. The summed E-state index contributed by atoms with van der Waals surface area (Å²) in [6, 6.07) is 8.64. The first-order chi connectivity index (χ1) is 14.8. The minimum atomic E-state index is -3.82. The number of nitrogens with zero attached hydrogens (tertiary/aromatic N) is 1. The molecule has 0 bridgehead atoms. The van der Waals surface area contributed by atoms with Crippen LogP contribution in [0.15, 0.2) is 40.6 Å². The largest absolute Gasteiger partial charge is 0.494 e. The van der Waals surface area contributed by atoms with Gasteiger partial charge in [0.25, 0.3) is 15.9 Å². The van der Waals surface area contributed by atoms with Crippen molar-refractivity contribution in [2.24, 2.45) is 0 Å². The number of sulfonamides is 1. The number of hydrogen-bond acceptors (Lipinski definition) is 7. The van der Waals surface area contributed by atoms with Crippen molar-refractivity contribution in [1.82, 2.24) is 4.98 Å². The van der Waals surface area contributed by atoms with E-state index in [0.29, 0.717) is 35.1 Å². The molecule has 1 aliphatic rings. The number of carbonyl (C=O) groups is 1. The Bertz CT molecular complexity index is 1270. The first-order valence-electron chi connectivity index (χ1n) is 9.56. The van der Waals surface area contributed by atoms with Gasteiger partial charge in [0.1, 0.15) is 11.5 Å². The normalized spacial score (nSPS) is 13.2. The molecule has 0 aliphatic carbocycles. The number of aryl methyl sites for hydroxylation is 2. The lowest BCUT2D eigenvalue weighted by atomic mass is 10.1. The highest BCUT2D eigenvalue weighted by Crippen LogP contribution is 2.34. The molecule has 0 saturated carbocycles. The maximum atomic E-state index is 13.0. The number of benzene rings is 2. The zero-order valence-electron chi connectivity index (χ0n) is 17.2. The van der Waals surface area contributed by atoms with Gasteiger partial charge in [-0.2, -0.15) is 0 Å². The van der Waals surface area contributed by atoms with Crippen LogP contribution in [0, 0.1) is 13.8 Å². The van der Waals surface area contributed by atoms with Crippen LogP contribution in [-0.4, -0.2) is 32.5 Å². The fourth-order valence-electron chi connectivity index (χ4n) is 3.23. The van der Waals surface area contributed by atoms with E-state index >= 15 is 0 Å². The number of hydrogen-bond donors (Lipinski definition) is 2. The lowest BCUT2D eigenvalue weighted by molar-refractivity contribution is -0.118. The summed E-state index contributed by atoms with van der Waals surface area (Å²) in [7, 11) is -3.82. The second-order valence-electron chi connectivity index (χ2n) is 7.01. The molecule has 1 aromatic heterocycles. The summed E-state index contributed by atoms with van der Waals surface area (Å²) in [6.07, 6.45) is 0. The molecule has 0 spiro atoms. The second kappa shape index (κ2) is 8.20. The Morgan fingerprint density at radius 1 is 1.23 bits per heavy atom. The highest BCUT2D eigenvalue weighted by Gasteiger charge is 2.21. The lowest BCUT2D eigenvalue weighted by Crippen LogP contribution is -2.25. The molecule has 0 fully saturated rings. The molecule has 2 heterocycles. The molecule has 2 N–H and O–H groups in total. The Labute approximate surface area is 184 Å². The minimum absolute atomic E-state index is 0.0145. The van der Waals surface area contributed by atoms with Gasteiger partial charge in [0.2, 0.25) is 0 Å². The fraction of sp³-hybridized carbons (Fsp3) is 0.238. The van der Waals surface area contributed by atoms with E-state index in [2.05, 4.69) is 15.0 Å². The molecule has 162 valence electrons. The zero-order chi connectivity index (χ0) is 22.2. The molecule has 1 aliphatic heterocycles. The molecule has 2 aromatic carbocycles. The lowest BCUT2D eigenvalue weighted by Gasteiger charge is -2.18. The summed E-state index contributed by atoms with van der Waals surface area (Å²) in [5.41, 5.74) is 3.21. The molecule has 1 amide bonds. The second-order valence-corrected chi connectivity index (χ2v) is 9.52. The van der Waals surface area contributed by atoms with E-state index in [4.69, 9.17) is 9.47 Å². The van der Waals surface area contributed by atoms with Crippen molar-refractivity contribution in [3.63, 3.8) is 0 Å². The standard InChI is InChI=1S/C21H21N3O5S2/c1-4-28-18-7-13(3)19(8-12(18)2)31(26,27)24-21-23-16(11-30-21)14-5-6-17-15(9-14)22-20(25)10-29-17/h5-9,11H,4,10H2,1-3H3,(H,22,25)(H,23,24). The van der Waals surface area contributed by atoms with Gasteiger partial charge >= 0.3 is 0 Å². The number of anilines is 2. The molecule has 0 radical (unpaired) electrons. The van der Waals surface area contributed by atoms with Crippen molar-refractivity contribution < 1.29 is 22.7 Å². The smallest absolute Gasteiger partial charge is 0.263 e. The third kappa shape index (κ3) is 4.35. The summed E-state index contributed by atoms with van der Waals surface area (Å²) in [5, 5.41) is 4.75. The Kier molecular flexibility index (Phi) is 5.59. The maximum Gasteiger partial charge on any atom is 0.263 e. The topological polar surface area (TPSA) is 107 Å². The van der Waals surface area contributed by atoms with Crippen LogP contribution in [0.1, 0.15) is 18.1 Å². The van der Waals surface area contributed by atoms with Crippen LogP contribution in [-0.2, 0) is 14.8 Å². The van der Waals surface area contributed by atoms with Crippen LogP contribution in [0.25, 0.3) is 11.3 Å². The molecule has 8 nitrogen and oxygen atoms in total. The van der Waals surface area contributed by atoms with E-state index in [9.17, 15) is 13.2 Å². The third-order valence-electron chi connectivity index (χ3n) is 4.70. The van der Waals surface area contributed by atoms with Gasteiger partial charge in [0.15, 0.2) is 11.7 Å². The highest BCUT2D eigenvalue weighted by molar-refractivity contribution is 7.93. The van der Waals surface area contributed by atoms with Gasteiger partial charge in [0, 0.05) is 10.9 Å². The van der Waals surface area contributed by atoms with Crippen LogP contribution in [0.5, 0.6) is 11.5 Å². The van der Waals surface area contributed by atoms with Crippen molar-refractivity contribution in [2.75, 3.05) is 23.3 Å². The molecular formula is C21H21N3O5S2. The van der Waals surface area contributed by atoms with Crippen molar-refractivity contribution in [1.29, 1.82) is 0 Å². The SMILES string of the molecule is CCOc1cc(C)c(S(=O)(=O)Nc2nc(-c3ccc4c(c3)NC(=O)CO4)cs2)cc1C. The Balaban J connectivity index is 1.58. The average Bonchev–Trinajstić information content (AvgIpc) is 3.17. The quantitative estimate of drug-likeness (QED) is 0.578. The predicted octanol–water partition coefficient (Wildman–Crippen LogP) is 3.96. The van der Waals surface area contributed by atoms with E-state index < -0.39 is 10.0 Å². The van der Waals surface area contributed by atoms with E-state index in [1.165, 1.54) is 11.3 Å². The van der Waals surface area contributed by atoms with Crippen LogP contribution in [0.2, 0.25) is 0 Å². The van der Waals surface area contributed by atoms with E-state index in [1.807, 2.05) is 19.9 Å². The molecular weight excluding hydrogens is 438 g/mol. The monoisotopic (exact) mass is 459 g/mol. The first-order valence-corrected chi connectivity index (χ1v) is 11.9. The summed E-state index contributed by atoms with van der Waals surface area (Å²) < 4.78 is 39.4. The number of carbonyl (C=O) groups excluding carboxylic acids is 1. The van der Waals surface area contributed by atoms with Gasteiger partial charge in [0.05, 0.1) is 22.9 Å². The molecule has 0 saturated heterocycles. The number of aromatic nitrogens is 1. The van der Waals surface area contributed by atoms with Crippen LogP contribution < -0.4 is 19.5 Å². The number of amides is 1. The molecule has 3 aromatic rings. The van der Waals surface area contributed by atoms with Gasteiger partial charge in [-0.25, -0.2) is 13.4 Å². The predicted molar refractivity (Wildman–Crippen MR) is 120 cm³/mol. The Morgan fingerprint density at radius 2 is 2.03 bits per heavy atom. The van der Waals surface area contributed by atoms with Crippen LogP contribution in [0.3, 0.4) is 0 Å². The summed E-state index contributed by atoms with van der Waals surface area (Å²) >= 11 is 1.18. The molecule has 4 rings (SSSR count).